The van der Waals surface area contributed by atoms with Gasteiger partial charge in [-0.1, -0.05) is 13.3 Å². The van der Waals surface area contributed by atoms with E-state index in [4.69, 9.17) is 0 Å². The van der Waals surface area contributed by atoms with Gasteiger partial charge in [-0.05, 0) is 32.7 Å². The Morgan fingerprint density at radius 1 is 1.62 bits per heavy atom. The lowest BCUT2D eigenvalue weighted by molar-refractivity contribution is -0.133. The fourth-order valence-electron chi connectivity index (χ4n) is 2.40. The van der Waals surface area contributed by atoms with Crippen LogP contribution < -0.4 is 10.6 Å². The molecule has 0 aromatic carbocycles. The average molecular weight is 228 g/mol. The zero-order valence-electron chi connectivity index (χ0n) is 10.4. The molecule has 1 unspecified atom stereocenters. The van der Waals surface area contributed by atoms with Crippen molar-refractivity contribution in [2.24, 2.45) is 5.41 Å². The number of hydrogen-bond donors (Lipinski definition) is 3. The highest BCUT2D eigenvalue weighted by Crippen LogP contribution is 2.31. The second kappa shape index (κ2) is 6.21. The number of aliphatic hydroxyl groups excluding tert-OH is 1. The smallest absolute Gasteiger partial charge is 0.227 e. The minimum atomic E-state index is -0.473. The van der Waals surface area contributed by atoms with E-state index in [0.717, 1.165) is 38.8 Å². The number of carbonyl (C=O) groups is 1. The Morgan fingerprint density at radius 3 is 2.88 bits per heavy atom. The zero-order valence-corrected chi connectivity index (χ0v) is 10.4. The SMILES string of the molecule is CCCC1(C(=O)NC[C@H](C)O)CCCNC1. The molecule has 1 saturated heterocycles. The van der Waals surface area contributed by atoms with Crippen LogP contribution in [0.1, 0.15) is 39.5 Å². The van der Waals surface area contributed by atoms with E-state index >= 15 is 0 Å². The summed E-state index contributed by atoms with van der Waals surface area (Å²) >= 11 is 0. The zero-order chi connectivity index (χ0) is 12.0. The normalized spacial score (nSPS) is 27.4. The van der Waals surface area contributed by atoms with E-state index < -0.39 is 6.10 Å². The van der Waals surface area contributed by atoms with Gasteiger partial charge in [0.15, 0.2) is 0 Å². The largest absolute Gasteiger partial charge is 0.392 e. The number of amides is 1. The third-order valence-electron chi connectivity index (χ3n) is 3.24. The third kappa shape index (κ3) is 3.46. The van der Waals surface area contributed by atoms with Gasteiger partial charge in [0.25, 0.3) is 0 Å². The molecule has 0 bridgehead atoms. The minimum absolute atomic E-state index is 0.0995. The number of hydrogen-bond acceptors (Lipinski definition) is 3. The van der Waals surface area contributed by atoms with Crippen molar-refractivity contribution in [2.45, 2.75) is 45.6 Å². The van der Waals surface area contributed by atoms with Crippen LogP contribution in [-0.2, 0) is 4.79 Å². The molecule has 0 aromatic heterocycles. The summed E-state index contributed by atoms with van der Waals surface area (Å²) in [7, 11) is 0. The lowest BCUT2D eigenvalue weighted by Crippen LogP contribution is -2.51. The topological polar surface area (TPSA) is 61.4 Å². The Bertz CT molecular complexity index is 218. The molecule has 1 amide bonds. The predicted octanol–water partition coefficient (Wildman–Crippen LogP) is 0.653. The number of piperidine rings is 1. The van der Waals surface area contributed by atoms with Crippen LogP contribution >= 0.6 is 0 Å². The van der Waals surface area contributed by atoms with E-state index in [1.54, 1.807) is 6.92 Å². The molecule has 16 heavy (non-hydrogen) atoms. The van der Waals surface area contributed by atoms with Crippen LogP contribution in [0.3, 0.4) is 0 Å². The summed E-state index contributed by atoms with van der Waals surface area (Å²) in [6.45, 7) is 5.93. The quantitative estimate of drug-likeness (QED) is 0.647. The molecule has 4 heteroatoms. The maximum atomic E-state index is 12.2. The molecule has 2 atom stereocenters. The Labute approximate surface area is 97.8 Å². The standard InChI is InChI=1S/C12H24N2O2/c1-3-5-12(6-4-7-13-9-12)11(16)14-8-10(2)15/h10,13,15H,3-9H2,1-2H3,(H,14,16)/t10-,12?/m0/s1. The van der Waals surface area contributed by atoms with Gasteiger partial charge in [-0.3, -0.25) is 4.79 Å². The molecule has 1 rings (SSSR count). The van der Waals surface area contributed by atoms with Crippen molar-refractivity contribution in [3.8, 4) is 0 Å². The van der Waals surface area contributed by atoms with E-state index in [2.05, 4.69) is 17.6 Å². The van der Waals surface area contributed by atoms with Crippen LogP contribution in [0.15, 0.2) is 0 Å². The van der Waals surface area contributed by atoms with Crippen molar-refractivity contribution in [3.63, 3.8) is 0 Å². The van der Waals surface area contributed by atoms with Crippen molar-refractivity contribution < 1.29 is 9.90 Å². The van der Waals surface area contributed by atoms with Gasteiger partial charge in [-0.25, -0.2) is 0 Å². The van der Waals surface area contributed by atoms with Crippen molar-refractivity contribution in [3.05, 3.63) is 0 Å². The summed E-state index contributed by atoms with van der Waals surface area (Å²) in [5.41, 5.74) is -0.248. The molecule has 1 fully saturated rings. The van der Waals surface area contributed by atoms with Crippen LogP contribution in [0.5, 0.6) is 0 Å². The third-order valence-corrected chi connectivity index (χ3v) is 3.24. The van der Waals surface area contributed by atoms with Gasteiger partial charge < -0.3 is 15.7 Å². The Morgan fingerprint density at radius 2 is 2.38 bits per heavy atom. The highest BCUT2D eigenvalue weighted by atomic mass is 16.3. The molecule has 3 N–H and O–H groups in total. The first-order valence-electron chi connectivity index (χ1n) is 6.28. The van der Waals surface area contributed by atoms with Crippen LogP contribution in [0, 0.1) is 5.41 Å². The van der Waals surface area contributed by atoms with Gasteiger partial charge in [0, 0.05) is 13.1 Å². The fourth-order valence-corrected chi connectivity index (χ4v) is 2.40. The van der Waals surface area contributed by atoms with Crippen LogP contribution in [0.4, 0.5) is 0 Å². The molecular weight excluding hydrogens is 204 g/mol. The highest BCUT2D eigenvalue weighted by Gasteiger charge is 2.38. The van der Waals surface area contributed by atoms with Gasteiger partial charge in [-0.2, -0.15) is 0 Å². The fraction of sp³-hybridized carbons (Fsp3) is 0.917. The van der Waals surface area contributed by atoms with Crippen molar-refractivity contribution in [1.82, 2.24) is 10.6 Å². The molecule has 1 aliphatic heterocycles. The second-order valence-corrected chi connectivity index (χ2v) is 4.87. The number of carbonyl (C=O) groups excluding carboxylic acids is 1. The summed E-state index contributed by atoms with van der Waals surface area (Å²) in [6, 6.07) is 0. The summed E-state index contributed by atoms with van der Waals surface area (Å²) in [6.07, 6.45) is 3.48. The molecule has 1 aliphatic rings. The van der Waals surface area contributed by atoms with Gasteiger partial charge in [0.1, 0.15) is 0 Å². The van der Waals surface area contributed by atoms with Gasteiger partial charge in [0.2, 0.25) is 5.91 Å². The Balaban J connectivity index is 2.57. The number of rotatable bonds is 5. The van der Waals surface area contributed by atoms with Gasteiger partial charge in [-0.15, -0.1) is 0 Å². The molecule has 1 heterocycles. The lowest BCUT2D eigenvalue weighted by atomic mass is 9.76. The van der Waals surface area contributed by atoms with E-state index in [1.807, 2.05) is 0 Å². The first-order chi connectivity index (χ1) is 7.60. The second-order valence-electron chi connectivity index (χ2n) is 4.87. The van der Waals surface area contributed by atoms with E-state index in [9.17, 15) is 9.90 Å². The summed E-state index contributed by atoms with van der Waals surface area (Å²) in [4.78, 5) is 12.2. The molecular formula is C12H24N2O2. The minimum Gasteiger partial charge on any atom is -0.392 e. The number of aliphatic hydroxyl groups is 1. The van der Waals surface area contributed by atoms with Gasteiger partial charge >= 0.3 is 0 Å². The molecule has 94 valence electrons. The maximum absolute atomic E-state index is 12.2. The Hall–Kier alpha value is -0.610. The Kier molecular flexibility index (Phi) is 5.22. The molecule has 0 aliphatic carbocycles. The monoisotopic (exact) mass is 228 g/mol. The summed E-state index contributed by atoms with van der Waals surface area (Å²) in [5.74, 6) is 0.0995. The first kappa shape index (κ1) is 13.5. The van der Waals surface area contributed by atoms with Gasteiger partial charge in [0.05, 0.1) is 11.5 Å². The lowest BCUT2D eigenvalue weighted by Gasteiger charge is -2.36. The van der Waals surface area contributed by atoms with Crippen LogP contribution in [0.2, 0.25) is 0 Å². The summed E-state index contributed by atoms with van der Waals surface area (Å²) < 4.78 is 0. The predicted molar refractivity (Wildman–Crippen MR) is 64.1 cm³/mol. The van der Waals surface area contributed by atoms with Crippen molar-refractivity contribution >= 4 is 5.91 Å². The average Bonchev–Trinajstić information content (AvgIpc) is 2.27. The molecule has 0 saturated carbocycles. The number of nitrogens with one attached hydrogen (secondary N) is 2. The maximum Gasteiger partial charge on any atom is 0.227 e. The highest BCUT2D eigenvalue weighted by molar-refractivity contribution is 5.83. The first-order valence-corrected chi connectivity index (χ1v) is 6.28. The van der Waals surface area contributed by atoms with E-state index in [1.165, 1.54) is 0 Å². The van der Waals surface area contributed by atoms with E-state index in [0.29, 0.717) is 6.54 Å². The molecule has 0 spiro atoms. The molecule has 0 radical (unpaired) electrons. The van der Waals surface area contributed by atoms with Crippen molar-refractivity contribution in [2.75, 3.05) is 19.6 Å². The molecule has 4 nitrogen and oxygen atoms in total. The van der Waals surface area contributed by atoms with Crippen molar-refractivity contribution in [1.29, 1.82) is 0 Å². The van der Waals surface area contributed by atoms with Crippen LogP contribution in [0.25, 0.3) is 0 Å². The molecule has 0 aromatic rings. The van der Waals surface area contributed by atoms with E-state index in [-0.39, 0.29) is 11.3 Å². The van der Waals surface area contributed by atoms with Crippen LogP contribution in [-0.4, -0.2) is 36.8 Å². The summed E-state index contributed by atoms with van der Waals surface area (Å²) in [5, 5.41) is 15.3.